The van der Waals surface area contributed by atoms with Crippen LogP contribution in [0.25, 0.3) is 5.65 Å². The molecule has 0 aliphatic heterocycles. The van der Waals surface area contributed by atoms with Gasteiger partial charge in [0.1, 0.15) is 5.56 Å². The van der Waals surface area contributed by atoms with Gasteiger partial charge in [0, 0.05) is 18.6 Å². The van der Waals surface area contributed by atoms with Crippen LogP contribution in [0.3, 0.4) is 0 Å². The van der Waals surface area contributed by atoms with E-state index in [-0.39, 0.29) is 5.75 Å². The molecule has 0 radical (unpaired) electrons. The third-order valence-electron chi connectivity index (χ3n) is 2.35. The molecule has 0 unspecified atom stereocenters. The molecule has 6 nitrogen and oxygen atoms in total. The van der Waals surface area contributed by atoms with E-state index >= 15 is 0 Å². The largest absolute Gasteiger partial charge is 0.465 e. The first kappa shape index (κ1) is 12.6. The topological polar surface area (TPSA) is 77.7 Å². The van der Waals surface area contributed by atoms with Gasteiger partial charge in [-0.05, 0) is 12.1 Å². The van der Waals surface area contributed by atoms with Gasteiger partial charge in [-0.15, -0.1) is 0 Å². The first-order valence-corrected chi connectivity index (χ1v) is 7.19. The fourth-order valence-corrected chi connectivity index (χ4v) is 2.35. The Morgan fingerprint density at radius 1 is 1.50 bits per heavy atom. The van der Waals surface area contributed by atoms with E-state index in [1.54, 1.807) is 28.9 Å². The highest BCUT2D eigenvalue weighted by molar-refractivity contribution is 7.89. The molecule has 0 saturated heterocycles. The van der Waals surface area contributed by atoms with Crippen molar-refractivity contribution in [2.24, 2.45) is 0 Å². The Morgan fingerprint density at radius 2 is 2.22 bits per heavy atom. The lowest BCUT2D eigenvalue weighted by molar-refractivity contribution is 0.0602. The molecule has 0 amide bonds. The summed E-state index contributed by atoms with van der Waals surface area (Å²) in [6.45, 7) is 0. The molecular weight excluding hydrogens is 256 g/mol. The number of nitrogens with zero attached hydrogens (tertiary/aromatic N) is 2. The molecular formula is C11H12N2O4S. The number of carbonyl (C=O) groups is 1. The van der Waals surface area contributed by atoms with Crippen molar-refractivity contribution in [2.45, 2.75) is 5.75 Å². The highest BCUT2D eigenvalue weighted by Crippen LogP contribution is 2.13. The molecule has 0 saturated carbocycles. The predicted molar refractivity (Wildman–Crippen MR) is 65.1 cm³/mol. The van der Waals surface area contributed by atoms with E-state index < -0.39 is 15.8 Å². The van der Waals surface area contributed by atoms with Gasteiger partial charge in [0.25, 0.3) is 0 Å². The van der Waals surface area contributed by atoms with Crippen molar-refractivity contribution in [1.82, 2.24) is 9.38 Å². The smallest absolute Gasteiger partial charge is 0.341 e. The third kappa shape index (κ3) is 2.51. The number of aromatic nitrogens is 2. The van der Waals surface area contributed by atoms with Gasteiger partial charge in [-0.3, -0.25) is 0 Å². The minimum Gasteiger partial charge on any atom is -0.465 e. The fourth-order valence-electron chi connectivity index (χ4n) is 1.67. The van der Waals surface area contributed by atoms with Crippen LogP contribution in [0.15, 0.2) is 24.5 Å². The normalized spacial score (nSPS) is 11.7. The second-order valence-electron chi connectivity index (χ2n) is 3.95. The number of ether oxygens (including phenoxy) is 1. The number of hydrogen-bond acceptors (Lipinski definition) is 5. The quantitative estimate of drug-likeness (QED) is 0.764. The first-order chi connectivity index (χ1) is 8.40. The van der Waals surface area contributed by atoms with Gasteiger partial charge in [-0.25, -0.2) is 18.2 Å². The average molecular weight is 268 g/mol. The van der Waals surface area contributed by atoms with Crippen LogP contribution in [0.2, 0.25) is 0 Å². The molecule has 0 aliphatic rings. The fraction of sp³-hybridized carbons (Fsp3) is 0.273. The molecule has 96 valence electrons. The van der Waals surface area contributed by atoms with E-state index in [1.807, 2.05) is 0 Å². The van der Waals surface area contributed by atoms with Gasteiger partial charge in [0.05, 0.1) is 18.6 Å². The number of hydrogen-bond donors (Lipinski definition) is 0. The van der Waals surface area contributed by atoms with E-state index in [0.29, 0.717) is 16.9 Å². The van der Waals surface area contributed by atoms with E-state index in [2.05, 4.69) is 9.72 Å². The first-order valence-electron chi connectivity index (χ1n) is 5.13. The highest BCUT2D eigenvalue weighted by Gasteiger charge is 2.15. The van der Waals surface area contributed by atoms with Crippen LogP contribution in [0, 0.1) is 0 Å². The van der Waals surface area contributed by atoms with Crippen LogP contribution in [0.5, 0.6) is 0 Å². The minimum atomic E-state index is -3.16. The van der Waals surface area contributed by atoms with Gasteiger partial charge in [-0.2, -0.15) is 0 Å². The molecule has 0 fully saturated rings. The number of esters is 1. The molecule has 0 spiro atoms. The molecule has 0 N–H and O–H groups in total. The summed E-state index contributed by atoms with van der Waals surface area (Å²) in [7, 11) is -1.87. The molecule has 7 heteroatoms. The number of pyridine rings is 1. The maximum absolute atomic E-state index is 11.5. The van der Waals surface area contributed by atoms with Crippen molar-refractivity contribution in [3.8, 4) is 0 Å². The van der Waals surface area contributed by atoms with E-state index in [9.17, 15) is 13.2 Å². The molecule has 2 aromatic heterocycles. The summed E-state index contributed by atoms with van der Waals surface area (Å²) in [6.07, 6.45) is 4.42. The Bertz CT molecular complexity index is 703. The van der Waals surface area contributed by atoms with E-state index in [0.717, 1.165) is 6.26 Å². The van der Waals surface area contributed by atoms with Crippen molar-refractivity contribution in [2.75, 3.05) is 13.4 Å². The summed E-state index contributed by atoms with van der Waals surface area (Å²) in [5.41, 5.74) is 1.09. The van der Waals surface area contributed by atoms with Crippen LogP contribution in [-0.2, 0) is 20.3 Å². The Balaban J connectivity index is 2.54. The van der Waals surface area contributed by atoms with Crippen LogP contribution < -0.4 is 0 Å². The van der Waals surface area contributed by atoms with Gasteiger partial charge in [-0.1, -0.05) is 0 Å². The van der Waals surface area contributed by atoms with Gasteiger partial charge in [0.2, 0.25) is 0 Å². The Labute approximate surface area is 104 Å². The highest BCUT2D eigenvalue weighted by atomic mass is 32.2. The third-order valence-corrected chi connectivity index (χ3v) is 3.17. The molecule has 0 bridgehead atoms. The molecule has 0 aromatic carbocycles. The van der Waals surface area contributed by atoms with Crippen molar-refractivity contribution >= 4 is 21.5 Å². The zero-order valence-electron chi connectivity index (χ0n) is 9.95. The number of methoxy groups -OCH3 is 1. The Hall–Kier alpha value is -1.89. The SMILES string of the molecule is COC(=O)c1cccn2cc(CS(C)(=O)=O)nc12. The van der Waals surface area contributed by atoms with Crippen LogP contribution in [-0.4, -0.2) is 37.1 Å². The van der Waals surface area contributed by atoms with Crippen LogP contribution >= 0.6 is 0 Å². The maximum Gasteiger partial charge on any atom is 0.341 e. The minimum absolute atomic E-state index is 0.157. The summed E-state index contributed by atoms with van der Waals surface area (Å²) in [6, 6.07) is 3.25. The second kappa shape index (κ2) is 4.41. The van der Waals surface area contributed by atoms with Crippen molar-refractivity contribution in [3.63, 3.8) is 0 Å². The zero-order valence-corrected chi connectivity index (χ0v) is 10.8. The van der Waals surface area contributed by atoms with Gasteiger partial charge >= 0.3 is 5.97 Å². The van der Waals surface area contributed by atoms with Crippen LogP contribution in [0.1, 0.15) is 16.1 Å². The summed E-state index contributed by atoms with van der Waals surface area (Å²) in [5, 5.41) is 0. The van der Waals surface area contributed by atoms with Crippen molar-refractivity contribution < 1.29 is 17.9 Å². The summed E-state index contributed by atoms with van der Waals surface area (Å²) in [4.78, 5) is 15.7. The predicted octanol–water partition coefficient (Wildman–Crippen LogP) is 0.665. The molecule has 18 heavy (non-hydrogen) atoms. The number of carbonyl (C=O) groups excluding carboxylic acids is 1. The maximum atomic E-state index is 11.5. The molecule has 0 atom stereocenters. The summed E-state index contributed by atoms with van der Waals surface area (Å²) in [5.74, 6) is -0.660. The number of fused-ring (bicyclic) bond motifs is 1. The summed E-state index contributed by atoms with van der Waals surface area (Å²) >= 11 is 0. The molecule has 2 heterocycles. The Kier molecular flexibility index (Phi) is 3.08. The van der Waals surface area contributed by atoms with Crippen molar-refractivity contribution in [1.29, 1.82) is 0 Å². The Morgan fingerprint density at radius 3 is 2.83 bits per heavy atom. The zero-order chi connectivity index (χ0) is 13.3. The van der Waals surface area contributed by atoms with E-state index in [4.69, 9.17) is 0 Å². The van der Waals surface area contributed by atoms with Crippen molar-refractivity contribution in [3.05, 3.63) is 35.8 Å². The standard InChI is InChI=1S/C11H12N2O4S/c1-17-11(14)9-4-3-5-13-6-8(12-10(9)13)7-18(2,15)16/h3-6H,7H2,1-2H3. The number of sulfone groups is 1. The average Bonchev–Trinajstić information content (AvgIpc) is 2.66. The molecule has 2 aromatic rings. The monoisotopic (exact) mass is 268 g/mol. The lowest BCUT2D eigenvalue weighted by atomic mass is 10.3. The van der Waals surface area contributed by atoms with Gasteiger partial charge < -0.3 is 9.14 Å². The number of rotatable bonds is 3. The second-order valence-corrected chi connectivity index (χ2v) is 6.09. The lowest BCUT2D eigenvalue weighted by Gasteiger charge is -2.00. The van der Waals surface area contributed by atoms with Crippen LogP contribution in [0.4, 0.5) is 0 Å². The van der Waals surface area contributed by atoms with E-state index in [1.165, 1.54) is 7.11 Å². The molecule has 2 rings (SSSR count). The lowest BCUT2D eigenvalue weighted by Crippen LogP contribution is -2.04. The molecule has 0 aliphatic carbocycles. The summed E-state index contributed by atoms with van der Waals surface area (Å²) < 4.78 is 28.7. The van der Waals surface area contributed by atoms with Gasteiger partial charge in [0.15, 0.2) is 15.5 Å². The number of imidazole rings is 1.